The fraction of sp³-hybridized carbons (Fsp3) is 0.0303. The number of imidazole rings is 2. The fourth-order valence-electron chi connectivity index (χ4n) is 6.37. The number of nitrogens with zero attached hydrogens (tertiary/aromatic N) is 7. The average Bonchev–Trinajstić information content (AvgIpc) is 3.65. The van der Waals surface area contributed by atoms with Gasteiger partial charge in [0.15, 0.2) is 0 Å². The maximum atomic E-state index is 10.2. The molecule has 0 amide bonds. The first-order valence-electron chi connectivity index (χ1n) is 13.3. The van der Waals surface area contributed by atoms with Crippen molar-refractivity contribution in [2.45, 2.75) is 6.67 Å². The molecular weight excluding hydrogens is 494 g/mol. The maximum Gasteiger partial charge on any atom is 0.220 e. The summed E-state index contributed by atoms with van der Waals surface area (Å²) in [7, 11) is 0. The zero-order valence-corrected chi connectivity index (χ0v) is 21.3. The third-order valence-electron chi connectivity index (χ3n) is 8.01. The van der Waals surface area contributed by atoms with E-state index in [9.17, 15) is 5.26 Å². The number of hydrogen-bond donors (Lipinski definition) is 0. The SMILES string of the molecule is N#Cc1cc(-n2c3ccccc3n3c4ccccc4nc23)cc(-n2c3ccccc3n3c4ccccc4n2C3)c1. The summed E-state index contributed by atoms with van der Waals surface area (Å²) in [5, 5.41) is 10.2. The number of rotatable bonds is 2. The second-order valence-electron chi connectivity index (χ2n) is 10.2. The van der Waals surface area contributed by atoms with E-state index in [1.807, 2.05) is 36.4 Å². The van der Waals surface area contributed by atoms with Gasteiger partial charge in [0.1, 0.15) is 6.67 Å². The summed E-state index contributed by atoms with van der Waals surface area (Å²) in [4.78, 5) is 5.04. The third-order valence-corrected chi connectivity index (χ3v) is 8.01. The first-order chi connectivity index (χ1) is 19.8. The van der Waals surface area contributed by atoms with Crippen LogP contribution in [-0.2, 0) is 6.67 Å². The van der Waals surface area contributed by atoms with Gasteiger partial charge in [-0.15, -0.1) is 0 Å². The Morgan fingerprint density at radius 3 is 1.98 bits per heavy atom. The maximum absolute atomic E-state index is 10.2. The molecule has 9 rings (SSSR count). The van der Waals surface area contributed by atoms with E-state index in [1.54, 1.807) is 0 Å². The van der Waals surface area contributed by atoms with E-state index < -0.39 is 0 Å². The lowest BCUT2D eigenvalue weighted by Crippen LogP contribution is -2.19. The van der Waals surface area contributed by atoms with Gasteiger partial charge >= 0.3 is 0 Å². The number of aromatic nitrogens is 6. The molecule has 0 radical (unpaired) electrons. The molecule has 0 atom stereocenters. The summed E-state index contributed by atoms with van der Waals surface area (Å²) in [6.45, 7) is 0.699. The van der Waals surface area contributed by atoms with Gasteiger partial charge in [-0.1, -0.05) is 48.5 Å². The first-order valence-corrected chi connectivity index (χ1v) is 13.3. The molecule has 0 fully saturated rings. The van der Waals surface area contributed by atoms with Crippen molar-refractivity contribution in [3.05, 3.63) is 121 Å². The highest BCUT2D eigenvalue weighted by molar-refractivity contribution is 5.92. The van der Waals surface area contributed by atoms with Gasteiger partial charge in [0.05, 0.1) is 67.1 Å². The van der Waals surface area contributed by atoms with E-state index in [0.717, 1.165) is 55.8 Å². The molecule has 188 valence electrons. The van der Waals surface area contributed by atoms with Crippen LogP contribution >= 0.6 is 0 Å². The topological polar surface area (TPSA) is 60.8 Å². The molecule has 5 aromatic carbocycles. The molecule has 4 heterocycles. The van der Waals surface area contributed by atoms with Gasteiger partial charge in [0.2, 0.25) is 5.78 Å². The predicted octanol–water partition coefficient (Wildman–Crippen LogP) is 6.95. The second kappa shape index (κ2) is 7.65. The van der Waals surface area contributed by atoms with Crippen LogP contribution in [0.3, 0.4) is 0 Å². The molecule has 1 aliphatic rings. The monoisotopic (exact) mass is 515 g/mol. The van der Waals surface area contributed by atoms with Gasteiger partial charge < -0.3 is 4.57 Å². The van der Waals surface area contributed by atoms with Crippen LogP contribution < -0.4 is 0 Å². The van der Waals surface area contributed by atoms with E-state index in [1.165, 1.54) is 5.52 Å². The largest absolute Gasteiger partial charge is 0.317 e. The molecule has 2 bridgehead atoms. The number of benzene rings is 5. The van der Waals surface area contributed by atoms with Crippen molar-refractivity contribution < 1.29 is 0 Å². The Labute approximate surface area is 227 Å². The van der Waals surface area contributed by atoms with Crippen LogP contribution in [0.4, 0.5) is 0 Å². The van der Waals surface area contributed by atoms with Crippen LogP contribution in [0.25, 0.3) is 61.3 Å². The molecule has 0 aliphatic carbocycles. The van der Waals surface area contributed by atoms with Gasteiger partial charge in [-0.25, -0.2) is 9.67 Å². The van der Waals surface area contributed by atoms with Crippen LogP contribution in [-0.4, -0.2) is 27.9 Å². The Bertz CT molecular complexity index is 2430. The molecule has 3 aromatic heterocycles. The van der Waals surface area contributed by atoms with Crippen molar-refractivity contribution in [2.24, 2.45) is 0 Å². The second-order valence-corrected chi connectivity index (χ2v) is 10.2. The average molecular weight is 516 g/mol. The standard InChI is InChI=1S/C33H21N7/c34-20-22-17-23(38-30-14-6-7-15-31(30)39-26-10-2-1-9-25(26)35-33(38)39)19-24(18-22)40-32-16-8-4-12-28(32)36-21-37(40)29-13-5-3-11-27(29)36/h1-19H,21H2. The Morgan fingerprint density at radius 2 is 1.20 bits per heavy atom. The Morgan fingerprint density at radius 1 is 0.600 bits per heavy atom. The van der Waals surface area contributed by atoms with Gasteiger partial charge in [-0.05, 0) is 66.7 Å². The Hall–Kier alpha value is -5.74. The smallest absolute Gasteiger partial charge is 0.220 e. The highest BCUT2D eigenvalue weighted by atomic mass is 15.5. The van der Waals surface area contributed by atoms with Crippen LogP contribution in [0.5, 0.6) is 0 Å². The van der Waals surface area contributed by atoms with Gasteiger partial charge in [0, 0.05) is 0 Å². The summed E-state index contributed by atoms with van der Waals surface area (Å²) in [6.07, 6.45) is 0. The Balaban J connectivity index is 1.42. The van der Waals surface area contributed by atoms with Crippen LogP contribution in [0.2, 0.25) is 0 Å². The van der Waals surface area contributed by atoms with Gasteiger partial charge in [-0.3, -0.25) is 13.6 Å². The van der Waals surface area contributed by atoms with Crippen molar-refractivity contribution in [3.8, 4) is 17.4 Å². The minimum Gasteiger partial charge on any atom is -0.317 e. The van der Waals surface area contributed by atoms with Crippen molar-refractivity contribution in [2.75, 3.05) is 0 Å². The van der Waals surface area contributed by atoms with Crippen molar-refractivity contribution in [1.29, 1.82) is 5.26 Å². The summed E-state index contributed by atoms with van der Waals surface area (Å²) in [5.74, 6) is 0.820. The minimum absolute atomic E-state index is 0.590. The fourth-order valence-corrected chi connectivity index (χ4v) is 6.37. The molecule has 7 heteroatoms. The number of nitriles is 1. The van der Waals surface area contributed by atoms with E-state index >= 15 is 0 Å². The van der Waals surface area contributed by atoms with Crippen LogP contribution in [0.15, 0.2) is 115 Å². The molecule has 40 heavy (non-hydrogen) atoms. The van der Waals surface area contributed by atoms with Gasteiger partial charge in [-0.2, -0.15) is 5.26 Å². The van der Waals surface area contributed by atoms with Crippen molar-refractivity contribution in [3.63, 3.8) is 0 Å². The van der Waals surface area contributed by atoms with E-state index in [2.05, 4.69) is 108 Å². The summed E-state index contributed by atoms with van der Waals surface area (Å²) in [5.41, 5.74) is 11.0. The molecule has 8 aromatic rings. The van der Waals surface area contributed by atoms with Gasteiger partial charge in [0.25, 0.3) is 0 Å². The van der Waals surface area contributed by atoms with Crippen LogP contribution in [0, 0.1) is 11.3 Å². The molecule has 7 nitrogen and oxygen atoms in total. The Kier molecular flexibility index (Phi) is 4.06. The molecule has 0 spiro atoms. The molecular formula is C33H21N7. The number of hydrogen-bond acceptors (Lipinski definition) is 2. The molecule has 1 aliphatic heterocycles. The lowest BCUT2D eigenvalue weighted by molar-refractivity contribution is 0.546. The van der Waals surface area contributed by atoms with E-state index in [-0.39, 0.29) is 0 Å². The molecule has 0 unspecified atom stereocenters. The van der Waals surface area contributed by atoms with Crippen molar-refractivity contribution in [1.82, 2.24) is 27.9 Å². The van der Waals surface area contributed by atoms with E-state index in [0.29, 0.717) is 12.2 Å². The molecule has 0 saturated heterocycles. The number of fused-ring (bicyclic) bond motifs is 7. The lowest BCUT2D eigenvalue weighted by atomic mass is 10.1. The predicted molar refractivity (Wildman–Crippen MR) is 158 cm³/mol. The quantitative estimate of drug-likeness (QED) is 0.250. The highest BCUT2D eigenvalue weighted by Crippen LogP contribution is 2.33. The zero-order valence-electron chi connectivity index (χ0n) is 21.3. The third kappa shape index (κ3) is 2.69. The highest BCUT2D eigenvalue weighted by Gasteiger charge is 2.22. The molecule has 0 saturated carbocycles. The summed E-state index contributed by atoms with van der Waals surface area (Å²) in [6, 6.07) is 42.0. The van der Waals surface area contributed by atoms with Crippen molar-refractivity contribution >= 4 is 49.9 Å². The van der Waals surface area contributed by atoms with Crippen LogP contribution in [0.1, 0.15) is 5.56 Å². The lowest BCUT2D eigenvalue weighted by Gasteiger charge is -2.22. The summed E-state index contributed by atoms with van der Waals surface area (Å²) < 4.78 is 11.2. The first kappa shape index (κ1) is 21.2. The number of para-hydroxylation sites is 8. The van der Waals surface area contributed by atoms with E-state index in [4.69, 9.17) is 4.98 Å². The molecule has 0 N–H and O–H groups in total. The summed E-state index contributed by atoms with van der Waals surface area (Å²) >= 11 is 0. The minimum atomic E-state index is 0.590. The normalized spacial score (nSPS) is 12.4. The zero-order chi connectivity index (χ0) is 26.4.